The lowest BCUT2D eigenvalue weighted by Crippen LogP contribution is -2.59. The molecule has 194 valence electrons. The summed E-state index contributed by atoms with van der Waals surface area (Å²) in [5, 5.41) is 61.5. The lowest BCUT2D eigenvalue weighted by atomic mass is 9.89. The van der Waals surface area contributed by atoms with Crippen LogP contribution >= 0.6 is 0 Å². The van der Waals surface area contributed by atoms with Crippen molar-refractivity contribution in [3.8, 4) is 23.0 Å². The van der Waals surface area contributed by atoms with Crippen LogP contribution < -0.4 is 4.74 Å². The molecule has 2 aliphatic rings. The standard InChI is InChI=1S/C26H30O10/c1-11(2)4-9-15-16(28)10-17(29)18-20(31)25(36-26-22(33)21(32)19(30)12(3)34-26)23(35-24(15)18)13-5-7-14(27)8-6-13/h4-8,10,12,19,21-23,25-30,32-33H,9H2,1-3H3/t12-,19+,21+,22+,23+,25-,26-/m1/s1. The number of allylic oxidation sites excluding steroid dienone is 2. The molecule has 0 spiro atoms. The van der Waals surface area contributed by atoms with E-state index in [4.69, 9.17) is 14.2 Å². The molecule has 0 unspecified atom stereocenters. The molecule has 0 bridgehead atoms. The molecule has 10 nitrogen and oxygen atoms in total. The number of aromatic hydroxyl groups is 3. The van der Waals surface area contributed by atoms with E-state index in [9.17, 15) is 35.4 Å². The third-order valence-corrected chi connectivity index (χ3v) is 6.39. The normalized spacial score (nSPS) is 29.8. The fraction of sp³-hybridized carbons (Fsp3) is 0.423. The fourth-order valence-electron chi connectivity index (χ4n) is 4.32. The quantitative estimate of drug-likeness (QED) is 0.332. The van der Waals surface area contributed by atoms with Crippen LogP contribution in [0.4, 0.5) is 0 Å². The highest BCUT2D eigenvalue weighted by atomic mass is 16.7. The first-order chi connectivity index (χ1) is 17.0. The number of phenols is 3. The van der Waals surface area contributed by atoms with Crippen molar-refractivity contribution in [3.63, 3.8) is 0 Å². The molecule has 0 aliphatic carbocycles. The zero-order chi connectivity index (χ0) is 26.3. The smallest absolute Gasteiger partial charge is 0.203 e. The van der Waals surface area contributed by atoms with Gasteiger partial charge in [-0.15, -0.1) is 0 Å². The number of aliphatic hydroxyl groups excluding tert-OH is 3. The Labute approximate surface area is 207 Å². The number of Topliss-reactive ketones (excluding diaryl/α,β-unsaturated/α-hetero) is 1. The van der Waals surface area contributed by atoms with Gasteiger partial charge < -0.3 is 44.8 Å². The second-order valence-electron chi connectivity index (χ2n) is 9.32. The second-order valence-corrected chi connectivity index (χ2v) is 9.32. The number of fused-ring (bicyclic) bond motifs is 1. The van der Waals surface area contributed by atoms with E-state index in [2.05, 4.69) is 0 Å². The summed E-state index contributed by atoms with van der Waals surface area (Å²) < 4.78 is 17.6. The van der Waals surface area contributed by atoms with Gasteiger partial charge in [-0.1, -0.05) is 23.8 Å². The molecule has 0 saturated carbocycles. The van der Waals surface area contributed by atoms with Crippen LogP contribution in [0, 0.1) is 0 Å². The SMILES string of the molecule is CC(C)=CCc1c(O)cc(O)c2c1O[C@@H](c1ccc(O)cc1)[C@H](O[C@H]1O[C@H](C)[C@H](O)[C@H](O)[C@@H]1O)C2=O. The van der Waals surface area contributed by atoms with Crippen molar-refractivity contribution in [1.82, 2.24) is 0 Å². The molecule has 1 fully saturated rings. The highest BCUT2D eigenvalue weighted by molar-refractivity contribution is 6.06. The number of hydrogen-bond donors (Lipinski definition) is 6. The molecule has 2 heterocycles. The summed E-state index contributed by atoms with van der Waals surface area (Å²) in [5.74, 6) is -1.50. The van der Waals surface area contributed by atoms with Gasteiger partial charge in [0, 0.05) is 11.6 Å². The molecule has 2 aromatic rings. The lowest BCUT2D eigenvalue weighted by Gasteiger charge is -2.42. The number of hydrogen-bond acceptors (Lipinski definition) is 10. The van der Waals surface area contributed by atoms with Gasteiger partial charge in [-0.05, 0) is 44.9 Å². The van der Waals surface area contributed by atoms with E-state index in [0.717, 1.165) is 11.6 Å². The van der Waals surface area contributed by atoms with Gasteiger partial charge in [0.15, 0.2) is 18.5 Å². The van der Waals surface area contributed by atoms with Crippen molar-refractivity contribution in [2.24, 2.45) is 0 Å². The van der Waals surface area contributed by atoms with Crippen LogP contribution in [0.1, 0.15) is 48.4 Å². The van der Waals surface area contributed by atoms with Gasteiger partial charge >= 0.3 is 0 Å². The summed E-state index contributed by atoms with van der Waals surface area (Å²) in [6.07, 6.45) is -7.56. The highest BCUT2D eigenvalue weighted by Gasteiger charge is 2.48. The first-order valence-corrected chi connectivity index (χ1v) is 11.6. The minimum atomic E-state index is -1.67. The molecule has 0 amide bonds. The minimum absolute atomic E-state index is 0.0122. The Hall–Kier alpha value is -3.15. The lowest BCUT2D eigenvalue weighted by molar-refractivity contribution is -0.304. The van der Waals surface area contributed by atoms with Gasteiger partial charge in [-0.25, -0.2) is 0 Å². The predicted molar refractivity (Wildman–Crippen MR) is 126 cm³/mol. The Bertz CT molecular complexity index is 1150. The number of aliphatic hydroxyl groups is 3. The average Bonchev–Trinajstić information content (AvgIpc) is 2.82. The molecule has 10 heteroatoms. The van der Waals surface area contributed by atoms with Gasteiger partial charge in [0.25, 0.3) is 0 Å². The van der Waals surface area contributed by atoms with Gasteiger partial charge in [0.05, 0.1) is 6.10 Å². The summed E-state index contributed by atoms with van der Waals surface area (Å²) in [4.78, 5) is 13.7. The van der Waals surface area contributed by atoms with Crippen LogP contribution in [-0.2, 0) is 15.9 Å². The van der Waals surface area contributed by atoms with E-state index in [1.54, 1.807) is 0 Å². The summed E-state index contributed by atoms with van der Waals surface area (Å²) in [6.45, 7) is 5.23. The van der Waals surface area contributed by atoms with E-state index in [-0.39, 0.29) is 29.2 Å². The predicted octanol–water partition coefficient (Wildman–Crippen LogP) is 1.84. The van der Waals surface area contributed by atoms with E-state index in [0.29, 0.717) is 11.1 Å². The number of carbonyl (C=O) groups excluding carboxylic acids is 1. The number of phenolic OH excluding ortho intramolecular Hbond substituents is 3. The molecule has 4 rings (SSSR count). The Morgan fingerprint density at radius 2 is 1.67 bits per heavy atom. The molecule has 2 aliphatic heterocycles. The average molecular weight is 503 g/mol. The maximum absolute atomic E-state index is 13.7. The summed E-state index contributed by atoms with van der Waals surface area (Å²) in [6, 6.07) is 6.89. The van der Waals surface area contributed by atoms with Gasteiger partial charge in [-0.2, -0.15) is 0 Å². The Balaban J connectivity index is 1.80. The fourth-order valence-corrected chi connectivity index (χ4v) is 4.32. The van der Waals surface area contributed by atoms with Crippen molar-refractivity contribution < 1.29 is 49.6 Å². The van der Waals surface area contributed by atoms with Gasteiger partial charge in [0.1, 0.15) is 46.9 Å². The van der Waals surface area contributed by atoms with Crippen LogP contribution in [0.15, 0.2) is 42.0 Å². The largest absolute Gasteiger partial charge is 0.508 e. The van der Waals surface area contributed by atoms with Crippen LogP contribution in [0.2, 0.25) is 0 Å². The summed E-state index contributed by atoms with van der Waals surface area (Å²) in [7, 11) is 0. The van der Waals surface area contributed by atoms with Crippen LogP contribution in [-0.4, -0.2) is 73.2 Å². The maximum Gasteiger partial charge on any atom is 0.203 e. The molecule has 2 aromatic carbocycles. The van der Waals surface area contributed by atoms with Crippen molar-refractivity contribution >= 4 is 5.78 Å². The monoisotopic (exact) mass is 502 g/mol. The number of ketones is 1. The third kappa shape index (κ3) is 4.78. The molecule has 0 aromatic heterocycles. The van der Waals surface area contributed by atoms with Gasteiger partial charge in [0.2, 0.25) is 5.78 Å². The number of ether oxygens (including phenoxy) is 3. The highest BCUT2D eigenvalue weighted by Crippen LogP contribution is 2.47. The zero-order valence-corrected chi connectivity index (χ0v) is 20.0. The molecular weight excluding hydrogens is 472 g/mol. The summed E-state index contributed by atoms with van der Waals surface area (Å²) in [5.41, 5.74) is 1.48. The second kappa shape index (κ2) is 10.1. The molecule has 1 saturated heterocycles. The van der Waals surface area contributed by atoms with Crippen molar-refractivity contribution in [2.45, 2.75) is 70.1 Å². The first-order valence-electron chi connectivity index (χ1n) is 11.6. The Morgan fingerprint density at radius 3 is 2.31 bits per heavy atom. The first kappa shape index (κ1) is 25.9. The van der Waals surface area contributed by atoms with E-state index >= 15 is 0 Å². The number of benzene rings is 2. The van der Waals surface area contributed by atoms with E-state index < -0.39 is 54.4 Å². The Morgan fingerprint density at radius 1 is 1.00 bits per heavy atom. The zero-order valence-electron chi connectivity index (χ0n) is 20.0. The Kier molecular flexibility index (Phi) is 7.26. The molecule has 0 radical (unpaired) electrons. The maximum atomic E-state index is 13.7. The minimum Gasteiger partial charge on any atom is -0.508 e. The third-order valence-electron chi connectivity index (χ3n) is 6.39. The molecule has 36 heavy (non-hydrogen) atoms. The van der Waals surface area contributed by atoms with Crippen molar-refractivity contribution in [1.29, 1.82) is 0 Å². The van der Waals surface area contributed by atoms with Crippen LogP contribution in [0.3, 0.4) is 0 Å². The molecule has 6 N–H and O–H groups in total. The molecular formula is C26H30O10. The van der Waals surface area contributed by atoms with E-state index in [1.165, 1.54) is 31.2 Å². The van der Waals surface area contributed by atoms with Crippen LogP contribution in [0.25, 0.3) is 0 Å². The molecule has 7 atom stereocenters. The van der Waals surface area contributed by atoms with Gasteiger partial charge in [-0.3, -0.25) is 4.79 Å². The van der Waals surface area contributed by atoms with Crippen LogP contribution in [0.5, 0.6) is 23.0 Å². The topological polar surface area (TPSA) is 166 Å². The van der Waals surface area contributed by atoms with Crippen molar-refractivity contribution in [2.75, 3.05) is 0 Å². The number of rotatable bonds is 5. The summed E-state index contributed by atoms with van der Waals surface area (Å²) >= 11 is 0. The number of carbonyl (C=O) groups is 1. The van der Waals surface area contributed by atoms with E-state index in [1.807, 2.05) is 19.9 Å². The van der Waals surface area contributed by atoms with Crippen molar-refractivity contribution in [3.05, 3.63) is 58.7 Å².